The minimum atomic E-state index is -0.496. The van der Waals surface area contributed by atoms with E-state index in [1.165, 1.54) is 23.7 Å². The molecule has 2 aromatic heterocycles. The number of fused-ring (bicyclic) bond motifs is 1. The number of nitrogens with one attached hydrogen (secondary N) is 1. The number of likely N-dealkylation sites (N-methyl/N-ethyl adjacent to an activating group) is 1. The third-order valence-electron chi connectivity index (χ3n) is 5.33. The van der Waals surface area contributed by atoms with Gasteiger partial charge in [-0.25, -0.2) is 9.18 Å². The van der Waals surface area contributed by atoms with Crippen molar-refractivity contribution >= 4 is 28.7 Å². The smallest absolute Gasteiger partial charge is 0.332 e. The van der Waals surface area contributed by atoms with Crippen LogP contribution < -0.4 is 16.6 Å². The molecule has 0 bridgehead atoms. The predicted octanol–water partition coefficient (Wildman–Crippen LogP) is 2.03. The molecule has 3 aromatic rings. The maximum Gasteiger partial charge on any atom is 0.332 e. The lowest BCUT2D eigenvalue weighted by atomic mass is 10.2. The fraction of sp³-hybridized carbons (Fsp3) is 0.450. The number of imidazole rings is 1. The summed E-state index contributed by atoms with van der Waals surface area (Å²) in [7, 11) is 2.96. The lowest BCUT2D eigenvalue weighted by Crippen LogP contribution is -2.37. The van der Waals surface area contributed by atoms with E-state index in [9.17, 15) is 14.0 Å². The van der Waals surface area contributed by atoms with Crippen LogP contribution >= 0.6 is 11.6 Å². The summed E-state index contributed by atoms with van der Waals surface area (Å²) in [5, 5.41) is 3.49. The first-order chi connectivity index (χ1) is 14.3. The summed E-state index contributed by atoms with van der Waals surface area (Å²) < 4.78 is 18.4. The van der Waals surface area contributed by atoms with Gasteiger partial charge in [0, 0.05) is 37.8 Å². The van der Waals surface area contributed by atoms with Crippen molar-refractivity contribution < 1.29 is 4.39 Å². The van der Waals surface area contributed by atoms with Crippen LogP contribution in [-0.4, -0.2) is 49.8 Å². The second kappa shape index (κ2) is 9.01. The van der Waals surface area contributed by atoms with Gasteiger partial charge < -0.3 is 10.2 Å². The lowest BCUT2D eigenvalue weighted by molar-refractivity contribution is 0.315. The Kier molecular flexibility index (Phi) is 6.62. The Morgan fingerprint density at radius 1 is 1.17 bits per heavy atom. The highest BCUT2D eigenvalue weighted by molar-refractivity contribution is 6.31. The van der Waals surface area contributed by atoms with Gasteiger partial charge in [-0.3, -0.25) is 18.5 Å². The number of halogens is 2. The number of hydrogen-bond acceptors (Lipinski definition) is 5. The van der Waals surface area contributed by atoms with E-state index in [0.717, 1.165) is 24.2 Å². The van der Waals surface area contributed by atoms with Gasteiger partial charge in [0.2, 0.25) is 5.95 Å². The first kappa shape index (κ1) is 22.0. The molecule has 0 aliphatic rings. The van der Waals surface area contributed by atoms with E-state index in [-0.39, 0.29) is 28.3 Å². The lowest BCUT2D eigenvalue weighted by Gasteiger charge is -2.18. The third kappa shape index (κ3) is 3.99. The second-order valence-electron chi connectivity index (χ2n) is 7.05. The molecule has 0 fully saturated rings. The summed E-state index contributed by atoms with van der Waals surface area (Å²) in [6.07, 6.45) is 0. The molecule has 0 atom stereocenters. The average molecular weight is 437 g/mol. The van der Waals surface area contributed by atoms with E-state index in [2.05, 4.69) is 29.0 Å². The molecule has 2 heterocycles. The van der Waals surface area contributed by atoms with Gasteiger partial charge in [-0.1, -0.05) is 31.5 Å². The molecule has 3 rings (SSSR count). The number of anilines is 1. The Morgan fingerprint density at radius 3 is 2.50 bits per heavy atom. The zero-order chi connectivity index (χ0) is 22.0. The van der Waals surface area contributed by atoms with Gasteiger partial charge in [0.25, 0.3) is 5.56 Å². The van der Waals surface area contributed by atoms with Crippen LogP contribution in [0.5, 0.6) is 0 Å². The van der Waals surface area contributed by atoms with E-state index >= 15 is 0 Å². The zero-order valence-electron chi connectivity index (χ0n) is 17.6. The highest BCUT2D eigenvalue weighted by Crippen LogP contribution is 2.24. The van der Waals surface area contributed by atoms with Crippen molar-refractivity contribution in [1.29, 1.82) is 0 Å². The van der Waals surface area contributed by atoms with Crippen LogP contribution in [0.15, 0.2) is 27.8 Å². The van der Waals surface area contributed by atoms with Gasteiger partial charge in [-0.05, 0) is 25.2 Å². The van der Waals surface area contributed by atoms with E-state index < -0.39 is 17.1 Å². The molecule has 0 aliphatic carbocycles. The molecule has 0 radical (unpaired) electrons. The topological polar surface area (TPSA) is 77.1 Å². The second-order valence-corrected chi connectivity index (χ2v) is 7.46. The van der Waals surface area contributed by atoms with Crippen LogP contribution in [0, 0.1) is 5.82 Å². The standard InChI is InChI=1S/C20H26ClFN6O2/c1-5-27(6-2)11-10-23-19-24-17-16(18(29)26(4)20(30)25(17)3)28(19)12-13-14(21)8-7-9-15(13)22/h7-9H,5-6,10-12H2,1-4H3,(H,23,24). The van der Waals surface area contributed by atoms with Crippen molar-refractivity contribution in [1.82, 2.24) is 23.6 Å². The number of rotatable bonds is 8. The molecule has 8 nitrogen and oxygen atoms in total. The fourth-order valence-corrected chi connectivity index (χ4v) is 3.67. The van der Waals surface area contributed by atoms with Crippen LogP contribution in [-0.2, 0) is 20.6 Å². The molecule has 10 heteroatoms. The quantitative estimate of drug-likeness (QED) is 0.584. The zero-order valence-corrected chi connectivity index (χ0v) is 18.3. The van der Waals surface area contributed by atoms with Crippen molar-refractivity contribution in [2.75, 3.05) is 31.5 Å². The molecule has 0 saturated heterocycles. The number of nitrogens with zero attached hydrogens (tertiary/aromatic N) is 5. The number of benzene rings is 1. The van der Waals surface area contributed by atoms with Crippen molar-refractivity contribution in [2.24, 2.45) is 14.1 Å². The Labute approximate surface area is 178 Å². The molecule has 1 aromatic carbocycles. The Balaban J connectivity index is 2.13. The molecule has 0 amide bonds. The molecule has 0 aliphatic heterocycles. The van der Waals surface area contributed by atoms with Gasteiger partial charge in [-0.2, -0.15) is 4.98 Å². The maximum absolute atomic E-state index is 14.5. The summed E-state index contributed by atoms with van der Waals surface area (Å²) in [5.41, 5.74) is -0.271. The highest BCUT2D eigenvalue weighted by atomic mass is 35.5. The van der Waals surface area contributed by atoms with Crippen LogP contribution in [0.2, 0.25) is 5.02 Å². The molecular formula is C20H26ClFN6O2. The molecule has 0 unspecified atom stereocenters. The number of hydrogen-bond donors (Lipinski definition) is 1. The minimum absolute atomic E-state index is 0.00303. The normalized spacial score (nSPS) is 11.6. The molecule has 30 heavy (non-hydrogen) atoms. The van der Waals surface area contributed by atoms with Crippen LogP contribution in [0.1, 0.15) is 19.4 Å². The summed E-state index contributed by atoms with van der Waals surface area (Å²) in [4.78, 5) is 32.0. The minimum Gasteiger partial charge on any atom is -0.354 e. The Hall–Kier alpha value is -2.65. The van der Waals surface area contributed by atoms with Gasteiger partial charge >= 0.3 is 5.69 Å². The van der Waals surface area contributed by atoms with Gasteiger partial charge in [0.1, 0.15) is 5.82 Å². The number of aryl methyl sites for hydroxylation is 1. The number of aromatic nitrogens is 4. The maximum atomic E-state index is 14.5. The molecule has 1 N–H and O–H groups in total. The fourth-order valence-electron chi connectivity index (χ4n) is 3.44. The summed E-state index contributed by atoms with van der Waals surface area (Å²) >= 11 is 6.22. The molecular weight excluding hydrogens is 411 g/mol. The van der Waals surface area contributed by atoms with E-state index in [4.69, 9.17) is 11.6 Å². The van der Waals surface area contributed by atoms with Crippen LogP contribution in [0.3, 0.4) is 0 Å². The summed E-state index contributed by atoms with van der Waals surface area (Å²) in [6.45, 7) is 7.33. The van der Waals surface area contributed by atoms with Crippen LogP contribution in [0.4, 0.5) is 10.3 Å². The van der Waals surface area contributed by atoms with Crippen molar-refractivity contribution in [3.8, 4) is 0 Å². The average Bonchev–Trinajstić information content (AvgIpc) is 3.09. The van der Waals surface area contributed by atoms with Gasteiger partial charge in [0.05, 0.1) is 6.54 Å². The SMILES string of the molecule is CCN(CC)CCNc1nc2c(c(=O)n(C)c(=O)n2C)n1Cc1c(F)cccc1Cl. The molecule has 162 valence electrons. The molecule has 0 saturated carbocycles. The Bertz CT molecular complexity index is 1160. The summed E-state index contributed by atoms with van der Waals surface area (Å²) in [5.74, 6) is -0.0881. The predicted molar refractivity (Wildman–Crippen MR) is 117 cm³/mol. The Morgan fingerprint density at radius 2 is 1.87 bits per heavy atom. The van der Waals surface area contributed by atoms with Crippen LogP contribution in [0.25, 0.3) is 11.2 Å². The first-order valence-electron chi connectivity index (χ1n) is 9.85. The summed E-state index contributed by atoms with van der Waals surface area (Å²) in [6, 6.07) is 4.45. The van der Waals surface area contributed by atoms with Crippen molar-refractivity contribution in [2.45, 2.75) is 20.4 Å². The van der Waals surface area contributed by atoms with E-state index in [0.29, 0.717) is 12.5 Å². The van der Waals surface area contributed by atoms with Crippen molar-refractivity contribution in [3.63, 3.8) is 0 Å². The largest absolute Gasteiger partial charge is 0.354 e. The highest BCUT2D eigenvalue weighted by Gasteiger charge is 2.21. The van der Waals surface area contributed by atoms with Crippen molar-refractivity contribution in [3.05, 3.63) is 55.4 Å². The van der Waals surface area contributed by atoms with E-state index in [1.807, 2.05) is 0 Å². The third-order valence-corrected chi connectivity index (χ3v) is 5.69. The van der Waals surface area contributed by atoms with Gasteiger partial charge in [0.15, 0.2) is 11.2 Å². The monoisotopic (exact) mass is 436 g/mol. The molecule has 0 spiro atoms. The van der Waals surface area contributed by atoms with Gasteiger partial charge in [-0.15, -0.1) is 0 Å². The first-order valence-corrected chi connectivity index (χ1v) is 10.2. The van der Waals surface area contributed by atoms with E-state index in [1.54, 1.807) is 17.7 Å².